The van der Waals surface area contributed by atoms with Gasteiger partial charge in [0.15, 0.2) is 0 Å². The van der Waals surface area contributed by atoms with Gasteiger partial charge in [0.2, 0.25) is 0 Å². The molecule has 2 heteroatoms. The van der Waals surface area contributed by atoms with Gasteiger partial charge in [0.05, 0.1) is 6.61 Å². The maximum absolute atomic E-state index is 8.49. The smallest absolute Gasteiger partial charge is 0.122 e. The largest absolute Gasteiger partial charge is 0.491 e. The Morgan fingerprint density at radius 3 is 2.38 bits per heavy atom. The monoisotopic (exact) mass is 182 g/mol. The summed E-state index contributed by atoms with van der Waals surface area (Å²) in [4.78, 5) is 0. The SMILES string of the molecule is CC.Cc1ccccc1OCCO. The van der Waals surface area contributed by atoms with Crippen LogP contribution in [0.1, 0.15) is 19.4 Å². The van der Waals surface area contributed by atoms with Crippen LogP contribution in [0, 0.1) is 6.92 Å². The summed E-state index contributed by atoms with van der Waals surface area (Å²) in [5.41, 5.74) is 1.10. The fourth-order valence-electron chi connectivity index (χ4n) is 0.874. The molecule has 0 aliphatic carbocycles. The molecule has 0 aliphatic rings. The minimum Gasteiger partial charge on any atom is -0.491 e. The number of rotatable bonds is 3. The molecule has 0 aromatic heterocycles. The second-order valence-corrected chi connectivity index (χ2v) is 2.34. The van der Waals surface area contributed by atoms with E-state index < -0.39 is 0 Å². The van der Waals surface area contributed by atoms with Crippen molar-refractivity contribution in [2.24, 2.45) is 0 Å². The van der Waals surface area contributed by atoms with E-state index >= 15 is 0 Å². The number of para-hydroxylation sites is 1. The zero-order valence-corrected chi connectivity index (χ0v) is 8.58. The van der Waals surface area contributed by atoms with Crippen molar-refractivity contribution in [2.75, 3.05) is 13.2 Å². The summed E-state index contributed by atoms with van der Waals surface area (Å²) in [7, 11) is 0. The van der Waals surface area contributed by atoms with E-state index in [1.165, 1.54) is 0 Å². The van der Waals surface area contributed by atoms with Crippen molar-refractivity contribution < 1.29 is 9.84 Å². The molecular weight excluding hydrogens is 164 g/mol. The van der Waals surface area contributed by atoms with Crippen molar-refractivity contribution in [3.8, 4) is 5.75 Å². The molecule has 0 heterocycles. The Hall–Kier alpha value is -1.02. The highest BCUT2D eigenvalue weighted by Crippen LogP contribution is 2.15. The van der Waals surface area contributed by atoms with Crippen LogP contribution in [0.2, 0.25) is 0 Å². The minimum atomic E-state index is 0.0638. The van der Waals surface area contributed by atoms with Crippen molar-refractivity contribution in [1.82, 2.24) is 0 Å². The van der Waals surface area contributed by atoms with Crippen LogP contribution < -0.4 is 4.74 Å². The lowest BCUT2D eigenvalue weighted by Gasteiger charge is -2.05. The van der Waals surface area contributed by atoms with Gasteiger partial charge in [-0.05, 0) is 18.6 Å². The molecule has 74 valence electrons. The topological polar surface area (TPSA) is 29.5 Å². The lowest BCUT2D eigenvalue weighted by molar-refractivity contribution is 0.200. The molecule has 0 saturated heterocycles. The lowest BCUT2D eigenvalue weighted by Crippen LogP contribution is -2.02. The number of hydrogen-bond acceptors (Lipinski definition) is 2. The Kier molecular flexibility index (Phi) is 7.02. The van der Waals surface area contributed by atoms with Crippen molar-refractivity contribution in [3.63, 3.8) is 0 Å². The van der Waals surface area contributed by atoms with Gasteiger partial charge >= 0.3 is 0 Å². The summed E-state index contributed by atoms with van der Waals surface area (Å²) < 4.78 is 5.24. The van der Waals surface area contributed by atoms with Gasteiger partial charge in [0, 0.05) is 0 Å². The summed E-state index contributed by atoms with van der Waals surface area (Å²) >= 11 is 0. The molecule has 13 heavy (non-hydrogen) atoms. The number of benzene rings is 1. The first kappa shape index (κ1) is 12.0. The van der Waals surface area contributed by atoms with Crippen LogP contribution in [-0.4, -0.2) is 18.3 Å². The molecule has 0 aliphatic heterocycles. The van der Waals surface area contributed by atoms with Gasteiger partial charge in [0.1, 0.15) is 12.4 Å². The molecule has 1 aromatic rings. The number of aliphatic hydroxyl groups excluding tert-OH is 1. The van der Waals surface area contributed by atoms with Crippen LogP contribution in [0.3, 0.4) is 0 Å². The highest BCUT2D eigenvalue weighted by Gasteiger charge is 1.94. The first-order valence-electron chi connectivity index (χ1n) is 4.64. The van der Waals surface area contributed by atoms with Crippen molar-refractivity contribution in [1.29, 1.82) is 0 Å². The molecule has 0 amide bonds. The summed E-state index contributed by atoms with van der Waals surface area (Å²) in [5.74, 6) is 0.849. The van der Waals surface area contributed by atoms with E-state index in [1.807, 2.05) is 45.0 Å². The fraction of sp³-hybridized carbons (Fsp3) is 0.455. The van der Waals surface area contributed by atoms with E-state index in [1.54, 1.807) is 0 Å². The number of hydrogen-bond donors (Lipinski definition) is 1. The van der Waals surface area contributed by atoms with E-state index in [9.17, 15) is 0 Å². The van der Waals surface area contributed by atoms with Crippen molar-refractivity contribution in [3.05, 3.63) is 29.8 Å². The van der Waals surface area contributed by atoms with Crippen LogP contribution in [0.4, 0.5) is 0 Å². The van der Waals surface area contributed by atoms with Gasteiger partial charge in [-0.15, -0.1) is 0 Å². The Balaban J connectivity index is 0.000000671. The molecule has 0 atom stereocenters. The van der Waals surface area contributed by atoms with Crippen LogP contribution in [0.25, 0.3) is 0 Å². The molecule has 0 saturated carbocycles. The number of aliphatic hydroxyl groups is 1. The average Bonchev–Trinajstić information content (AvgIpc) is 2.20. The van der Waals surface area contributed by atoms with Gasteiger partial charge in [-0.2, -0.15) is 0 Å². The number of aryl methyl sites for hydroxylation is 1. The van der Waals surface area contributed by atoms with Gasteiger partial charge in [-0.25, -0.2) is 0 Å². The zero-order chi connectivity index (χ0) is 10.1. The molecule has 0 bridgehead atoms. The Labute approximate surface area is 80.2 Å². The molecule has 0 unspecified atom stereocenters. The second kappa shape index (κ2) is 7.62. The summed E-state index contributed by atoms with van der Waals surface area (Å²) in [6, 6.07) is 7.75. The summed E-state index contributed by atoms with van der Waals surface area (Å²) in [6.07, 6.45) is 0. The third-order valence-electron chi connectivity index (χ3n) is 1.44. The lowest BCUT2D eigenvalue weighted by atomic mass is 10.2. The molecule has 0 fully saturated rings. The van der Waals surface area contributed by atoms with Crippen LogP contribution in [-0.2, 0) is 0 Å². The van der Waals surface area contributed by atoms with Gasteiger partial charge in [-0.3, -0.25) is 0 Å². The highest BCUT2D eigenvalue weighted by molar-refractivity contribution is 5.31. The van der Waals surface area contributed by atoms with Gasteiger partial charge in [0.25, 0.3) is 0 Å². The van der Waals surface area contributed by atoms with E-state index in [0.717, 1.165) is 11.3 Å². The average molecular weight is 182 g/mol. The van der Waals surface area contributed by atoms with E-state index in [-0.39, 0.29) is 6.61 Å². The van der Waals surface area contributed by atoms with Crippen molar-refractivity contribution in [2.45, 2.75) is 20.8 Å². The predicted molar refractivity (Wildman–Crippen MR) is 55.1 cm³/mol. The van der Waals surface area contributed by atoms with E-state index in [0.29, 0.717) is 6.61 Å². The molecule has 2 nitrogen and oxygen atoms in total. The Morgan fingerprint density at radius 1 is 1.23 bits per heavy atom. The molecule has 0 radical (unpaired) electrons. The summed E-state index contributed by atoms with van der Waals surface area (Å²) in [5, 5.41) is 8.49. The van der Waals surface area contributed by atoms with Crippen molar-refractivity contribution >= 4 is 0 Å². The summed E-state index contributed by atoms with van der Waals surface area (Å²) in [6.45, 7) is 6.41. The van der Waals surface area contributed by atoms with Crippen LogP contribution in [0.15, 0.2) is 24.3 Å². The second-order valence-electron chi connectivity index (χ2n) is 2.34. The first-order chi connectivity index (χ1) is 6.34. The highest BCUT2D eigenvalue weighted by atomic mass is 16.5. The maximum Gasteiger partial charge on any atom is 0.122 e. The quantitative estimate of drug-likeness (QED) is 0.777. The Bertz CT molecular complexity index is 221. The Morgan fingerprint density at radius 2 is 1.85 bits per heavy atom. The first-order valence-corrected chi connectivity index (χ1v) is 4.64. The zero-order valence-electron chi connectivity index (χ0n) is 8.58. The van der Waals surface area contributed by atoms with E-state index in [4.69, 9.17) is 9.84 Å². The van der Waals surface area contributed by atoms with Crippen LogP contribution in [0.5, 0.6) is 5.75 Å². The third kappa shape index (κ3) is 4.53. The molecular formula is C11H18O2. The molecule has 0 spiro atoms. The molecule has 1 aromatic carbocycles. The third-order valence-corrected chi connectivity index (χ3v) is 1.44. The minimum absolute atomic E-state index is 0.0638. The normalized spacial score (nSPS) is 8.62. The maximum atomic E-state index is 8.49. The molecule has 1 rings (SSSR count). The van der Waals surface area contributed by atoms with E-state index in [2.05, 4.69) is 0 Å². The fourth-order valence-corrected chi connectivity index (χ4v) is 0.874. The number of ether oxygens (including phenoxy) is 1. The van der Waals surface area contributed by atoms with Crippen LogP contribution >= 0.6 is 0 Å². The molecule has 1 N–H and O–H groups in total. The van der Waals surface area contributed by atoms with Gasteiger partial charge < -0.3 is 9.84 Å². The van der Waals surface area contributed by atoms with Gasteiger partial charge in [-0.1, -0.05) is 32.0 Å². The predicted octanol–water partition coefficient (Wildman–Crippen LogP) is 2.39. The standard InChI is InChI=1S/C9H12O2.C2H6/c1-8-4-2-3-5-9(8)11-7-6-10;1-2/h2-5,10H,6-7H2,1H3;1-2H3.